The molecular formula is C10H9NO4S2. The minimum absolute atomic E-state index is 0.292. The van der Waals surface area contributed by atoms with Crippen LogP contribution in [-0.2, 0) is 4.79 Å². The summed E-state index contributed by atoms with van der Waals surface area (Å²) in [6.45, 7) is -0.292. The van der Waals surface area contributed by atoms with E-state index in [1.165, 1.54) is 11.3 Å². The van der Waals surface area contributed by atoms with Crippen LogP contribution in [0.25, 0.3) is 9.40 Å². The zero-order valence-electron chi connectivity index (χ0n) is 8.54. The van der Waals surface area contributed by atoms with Gasteiger partial charge in [-0.1, -0.05) is 0 Å². The molecule has 3 N–H and O–H groups in total. The van der Waals surface area contributed by atoms with Crippen LogP contribution < -0.4 is 5.32 Å². The van der Waals surface area contributed by atoms with Gasteiger partial charge >= 0.3 is 5.97 Å². The van der Waals surface area contributed by atoms with Crippen molar-refractivity contribution in [2.45, 2.75) is 6.10 Å². The number of aliphatic hydroxyl groups excluding tert-OH is 1. The van der Waals surface area contributed by atoms with Gasteiger partial charge in [0.15, 0.2) is 6.10 Å². The molecule has 0 aliphatic rings. The topological polar surface area (TPSA) is 86.6 Å². The first kappa shape index (κ1) is 12.0. The van der Waals surface area contributed by atoms with E-state index in [9.17, 15) is 9.59 Å². The summed E-state index contributed by atoms with van der Waals surface area (Å²) in [6.07, 6.45) is -1.57. The molecule has 1 unspecified atom stereocenters. The minimum Gasteiger partial charge on any atom is -0.479 e. The normalized spacial score (nSPS) is 12.5. The number of carbonyl (C=O) groups is 2. The third-order valence-corrected chi connectivity index (χ3v) is 4.20. The fraction of sp³-hybridized carbons (Fsp3) is 0.200. The van der Waals surface area contributed by atoms with Crippen molar-refractivity contribution in [1.82, 2.24) is 5.32 Å². The van der Waals surface area contributed by atoms with Gasteiger partial charge < -0.3 is 15.5 Å². The Balaban J connectivity index is 2.01. The van der Waals surface area contributed by atoms with E-state index in [-0.39, 0.29) is 12.5 Å². The van der Waals surface area contributed by atoms with Crippen molar-refractivity contribution < 1.29 is 19.8 Å². The lowest BCUT2D eigenvalue weighted by Gasteiger charge is -2.06. The monoisotopic (exact) mass is 271 g/mol. The van der Waals surface area contributed by atoms with Crippen molar-refractivity contribution >= 4 is 43.9 Å². The number of nitrogens with one attached hydrogen (secondary N) is 1. The van der Waals surface area contributed by atoms with Crippen LogP contribution in [0.1, 0.15) is 9.67 Å². The third kappa shape index (κ3) is 2.63. The predicted molar refractivity (Wildman–Crippen MR) is 65.7 cm³/mol. The molecule has 0 saturated heterocycles. The van der Waals surface area contributed by atoms with E-state index in [0.717, 1.165) is 9.40 Å². The summed E-state index contributed by atoms with van der Waals surface area (Å²) >= 11 is 2.88. The summed E-state index contributed by atoms with van der Waals surface area (Å²) in [4.78, 5) is 22.5. The molecule has 5 nitrogen and oxygen atoms in total. The van der Waals surface area contributed by atoms with Gasteiger partial charge in [-0.15, -0.1) is 22.7 Å². The van der Waals surface area contributed by atoms with Gasteiger partial charge in [0.1, 0.15) is 0 Å². The minimum atomic E-state index is -1.57. The molecule has 17 heavy (non-hydrogen) atoms. The van der Waals surface area contributed by atoms with Crippen LogP contribution >= 0.6 is 22.7 Å². The van der Waals surface area contributed by atoms with E-state index >= 15 is 0 Å². The Bertz CT molecular complexity index is 531. The number of hydrogen-bond donors (Lipinski definition) is 3. The average Bonchev–Trinajstić information content (AvgIpc) is 2.84. The molecule has 7 heteroatoms. The van der Waals surface area contributed by atoms with E-state index in [0.29, 0.717) is 4.88 Å². The number of rotatable bonds is 4. The zero-order chi connectivity index (χ0) is 12.4. The first-order valence-corrected chi connectivity index (χ1v) is 6.43. The first-order valence-electron chi connectivity index (χ1n) is 4.74. The Morgan fingerprint density at radius 1 is 1.41 bits per heavy atom. The number of thiophene rings is 2. The molecule has 1 atom stereocenters. The van der Waals surface area contributed by atoms with Gasteiger partial charge in [0, 0.05) is 9.40 Å². The fourth-order valence-electron chi connectivity index (χ4n) is 1.24. The number of fused-ring (bicyclic) bond motifs is 1. The molecule has 2 aromatic heterocycles. The van der Waals surface area contributed by atoms with Gasteiger partial charge in [-0.05, 0) is 17.5 Å². The standard InChI is InChI=1S/C10H9NO4S2/c12-5(10(14)15)4-11-9(13)8-3-7-6(17-8)1-2-16-7/h1-3,5,12H,4H2,(H,11,13)(H,14,15). The zero-order valence-corrected chi connectivity index (χ0v) is 10.2. The molecule has 0 fully saturated rings. The third-order valence-electron chi connectivity index (χ3n) is 2.10. The molecule has 0 spiro atoms. The highest BCUT2D eigenvalue weighted by molar-refractivity contribution is 7.27. The summed E-state index contributed by atoms with van der Waals surface area (Å²) in [5, 5.41) is 21.8. The van der Waals surface area contributed by atoms with E-state index < -0.39 is 12.1 Å². The molecule has 0 aromatic carbocycles. The summed E-state index contributed by atoms with van der Waals surface area (Å²) in [7, 11) is 0. The second-order valence-electron chi connectivity index (χ2n) is 3.32. The molecule has 0 aliphatic carbocycles. The summed E-state index contributed by atoms with van der Waals surface area (Å²) in [5.41, 5.74) is 0. The number of hydrogen-bond acceptors (Lipinski definition) is 5. The van der Waals surface area contributed by atoms with Crippen molar-refractivity contribution in [1.29, 1.82) is 0 Å². The van der Waals surface area contributed by atoms with E-state index in [1.54, 1.807) is 17.4 Å². The molecule has 90 valence electrons. The number of amides is 1. The van der Waals surface area contributed by atoms with Crippen molar-refractivity contribution in [2.75, 3.05) is 6.54 Å². The number of carbonyl (C=O) groups excluding carboxylic acids is 1. The summed E-state index contributed by atoms with van der Waals surface area (Å²) in [5.74, 6) is -1.71. The largest absolute Gasteiger partial charge is 0.479 e. The van der Waals surface area contributed by atoms with Crippen LogP contribution in [0.3, 0.4) is 0 Å². The first-order chi connectivity index (χ1) is 8.08. The lowest BCUT2D eigenvalue weighted by molar-refractivity contribution is -0.146. The molecule has 0 saturated carbocycles. The Labute approximate surface area is 104 Å². The van der Waals surface area contributed by atoms with Gasteiger partial charge in [0.05, 0.1) is 11.4 Å². The Kier molecular flexibility index (Phi) is 3.41. The Morgan fingerprint density at radius 3 is 2.82 bits per heavy atom. The summed E-state index contributed by atoms with van der Waals surface area (Å²) in [6, 6.07) is 3.68. The fourth-order valence-corrected chi connectivity index (χ4v) is 3.27. The van der Waals surface area contributed by atoms with E-state index in [2.05, 4.69) is 5.32 Å². The van der Waals surface area contributed by atoms with Crippen molar-refractivity contribution in [3.8, 4) is 0 Å². The molecule has 2 heterocycles. The quantitative estimate of drug-likeness (QED) is 0.778. The van der Waals surface area contributed by atoms with Crippen LogP contribution in [0.2, 0.25) is 0 Å². The van der Waals surface area contributed by atoms with Crippen LogP contribution in [0, 0.1) is 0 Å². The van der Waals surface area contributed by atoms with Gasteiger partial charge in [-0.3, -0.25) is 4.79 Å². The molecule has 0 radical (unpaired) electrons. The lowest BCUT2D eigenvalue weighted by atomic mass is 10.3. The smallest absolute Gasteiger partial charge is 0.334 e. The molecule has 2 rings (SSSR count). The number of carboxylic acid groups (broad SMARTS) is 1. The number of aliphatic hydroxyl groups is 1. The summed E-state index contributed by atoms with van der Waals surface area (Å²) < 4.78 is 2.05. The van der Waals surface area contributed by atoms with Gasteiger partial charge in [0.25, 0.3) is 5.91 Å². The van der Waals surface area contributed by atoms with E-state index in [1.807, 2.05) is 11.4 Å². The highest BCUT2D eigenvalue weighted by atomic mass is 32.1. The number of aliphatic carboxylic acids is 1. The molecule has 1 amide bonds. The second-order valence-corrected chi connectivity index (χ2v) is 5.36. The van der Waals surface area contributed by atoms with Crippen molar-refractivity contribution in [2.24, 2.45) is 0 Å². The molecule has 0 aliphatic heterocycles. The van der Waals surface area contributed by atoms with Crippen LogP contribution in [0.4, 0.5) is 0 Å². The lowest BCUT2D eigenvalue weighted by Crippen LogP contribution is -2.36. The predicted octanol–water partition coefficient (Wildman–Crippen LogP) is 1.14. The molecular weight excluding hydrogens is 262 g/mol. The van der Waals surface area contributed by atoms with Gasteiger partial charge in [-0.25, -0.2) is 4.79 Å². The molecule has 0 bridgehead atoms. The van der Waals surface area contributed by atoms with Crippen LogP contribution in [0.15, 0.2) is 17.5 Å². The van der Waals surface area contributed by atoms with Crippen LogP contribution in [-0.4, -0.2) is 34.7 Å². The highest BCUT2D eigenvalue weighted by Crippen LogP contribution is 2.29. The van der Waals surface area contributed by atoms with Gasteiger partial charge in [-0.2, -0.15) is 0 Å². The van der Waals surface area contributed by atoms with Crippen molar-refractivity contribution in [3.05, 3.63) is 22.4 Å². The van der Waals surface area contributed by atoms with Gasteiger partial charge in [0.2, 0.25) is 0 Å². The Hall–Kier alpha value is -1.44. The van der Waals surface area contributed by atoms with Crippen molar-refractivity contribution in [3.63, 3.8) is 0 Å². The highest BCUT2D eigenvalue weighted by Gasteiger charge is 2.16. The van der Waals surface area contributed by atoms with Crippen LogP contribution in [0.5, 0.6) is 0 Å². The maximum absolute atomic E-state index is 11.6. The maximum Gasteiger partial charge on any atom is 0.334 e. The SMILES string of the molecule is O=C(NCC(O)C(=O)O)c1cc2sccc2s1. The average molecular weight is 271 g/mol. The Morgan fingerprint density at radius 2 is 2.18 bits per heavy atom. The maximum atomic E-state index is 11.6. The molecule has 2 aromatic rings. The second kappa shape index (κ2) is 4.82. The van der Waals surface area contributed by atoms with E-state index in [4.69, 9.17) is 10.2 Å². The number of carboxylic acids is 1.